The SMILES string of the molecule is O=S(=O)(NC1CCN(c2nccs2)C1)c1ccccc1. The fourth-order valence-corrected chi connectivity index (χ4v) is 4.25. The van der Waals surface area contributed by atoms with Gasteiger partial charge in [-0.25, -0.2) is 18.1 Å². The van der Waals surface area contributed by atoms with Crippen molar-refractivity contribution in [2.24, 2.45) is 0 Å². The van der Waals surface area contributed by atoms with Crippen molar-refractivity contribution in [3.05, 3.63) is 41.9 Å². The predicted octanol–water partition coefficient (Wildman–Crippen LogP) is 1.70. The Balaban J connectivity index is 1.68. The van der Waals surface area contributed by atoms with Crippen molar-refractivity contribution in [3.63, 3.8) is 0 Å². The second-order valence-electron chi connectivity index (χ2n) is 4.68. The van der Waals surface area contributed by atoms with Crippen LogP contribution in [0.5, 0.6) is 0 Å². The normalized spacial score (nSPS) is 19.4. The van der Waals surface area contributed by atoms with Crippen LogP contribution in [0.3, 0.4) is 0 Å². The zero-order valence-electron chi connectivity index (χ0n) is 10.8. The summed E-state index contributed by atoms with van der Waals surface area (Å²) in [5.41, 5.74) is 0. The number of benzene rings is 1. The number of nitrogens with zero attached hydrogens (tertiary/aromatic N) is 2. The first kappa shape index (κ1) is 13.5. The smallest absolute Gasteiger partial charge is 0.240 e. The van der Waals surface area contributed by atoms with Gasteiger partial charge in [0.15, 0.2) is 5.13 Å². The molecule has 1 N–H and O–H groups in total. The molecular weight excluding hydrogens is 294 g/mol. The van der Waals surface area contributed by atoms with Crippen LogP contribution in [-0.4, -0.2) is 32.5 Å². The summed E-state index contributed by atoms with van der Waals surface area (Å²) >= 11 is 1.57. The molecule has 0 spiro atoms. The highest BCUT2D eigenvalue weighted by Gasteiger charge is 2.28. The minimum absolute atomic E-state index is 0.0656. The average molecular weight is 309 g/mol. The van der Waals surface area contributed by atoms with Gasteiger partial charge in [0, 0.05) is 30.7 Å². The number of sulfonamides is 1. The topological polar surface area (TPSA) is 62.3 Å². The van der Waals surface area contributed by atoms with Crippen molar-refractivity contribution in [2.75, 3.05) is 18.0 Å². The first-order valence-corrected chi connectivity index (χ1v) is 8.73. The van der Waals surface area contributed by atoms with Crippen LogP contribution < -0.4 is 9.62 Å². The Morgan fingerprint density at radius 2 is 2.10 bits per heavy atom. The highest BCUT2D eigenvalue weighted by atomic mass is 32.2. The summed E-state index contributed by atoms with van der Waals surface area (Å²) in [7, 11) is -3.43. The van der Waals surface area contributed by atoms with E-state index in [0.717, 1.165) is 18.1 Å². The maximum atomic E-state index is 12.2. The van der Waals surface area contributed by atoms with Gasteiger partial charge in [-0.05, 0) is 18.6 Å². The summed E-state index contributed by atoms with van der Waals surface area (Å²) in [6.07, 6.45) is 2.56. The van der Waals surface area contributed by atoms with Gasteiger partial charge in [0.2, 0.25) is 10.0 Å². The van der Waals surface area contributed by atoms with Crippen LogP contribution in [0.15, 0.2) is 46.8 Å². The fraction of sp³-hybridized carbons (Fsp3) is 0.308. The Bertz CT molecular complexity index is 656. The lowest BCUT2D eigenvalue weighted by atomic mass is 10.3. The molecule has 1 atom stereocenters. The molecule has 3 rings (SSSR count). The van der Waals surface area contributed by atoms with Crippen molar-refractivity contribution in [2.45, 2.75) is 17.4 Å². The highest BCUT2D eigenvalue weighted by Crippen LogP contribution is 2.23. The molecule has 1 aliphatic rings. The highest BCUT2D eigenvalue weighted by molar-refractivity contribution is 7.89. The molecule has 7 heteroatoms. The molecule has 106 valence electrons. The molecule has 0 bridgehead atoms. The molecule has 1 fully saturated rings. The summed E-state index contributed by atoms with van der Waals surface area (Å²) in [6.45, 7) is 1.50. The molecule has 0 radical (unpaired) electrons. The number of anilines is 1. The van der Waals surface area contributed by atoms with Crippen LogP contribution in [0.1, 0.15) is 6.42 Å². The van der Waals surface area contributed by atoms with E-state index in [9.17, 15) is 8.42 Å². The number of thiazole rings is 1. The average Bonchev–Trinajstić information content (AvgIpc) is 3.10. The third kappa shape index (κ3) is 2.84. The first-order chi connectivity index (χ1) is 9.65. The van der Waals surface area contributed by atoms with Crippen LogP contribution in [0.2, 0.25) is 0 Å². The number of aromatic nitrogens is 1. The van der Waals surface area contributed by atoms with E-state index >= 15 is 0 Å². The molecule has 1 aromatic carbocycles. The summed E-state index contributed by atoms with van der Waals surface area (Å²) in [6, 6.07) is 8.41. The lowest BCUT2D eigenvalue weighted by molar-refractivity contribution is 0.561. The second-order valence-corrected chi connectivity index (χ2v) is 7.27. The van der Waals surface area contributed by atoms with Gasteiger partial charge in [0.1, 0.15) is 0 Å². The van der Waals surface area contributed by atoms with E-state index in [0.29, 0.717) is 11.4 Å². The van der Waals surface area contributed by atoms with Gasteiger partial charge in [-0.15, -0.1) is 11.3 Å². The third-order valence-corrected chi connectivity index (χ3v) is 5.62. The molecule has 20 heavy (non-hydrogen) atoms. The van der Waals surface area contributed by atoms with Crippen LogP contribution >= 0.6 is 11.3 Å². The van der Waals surface area contributed by atoms with Crippen LogP contribution in [0.25, 0.3) is 0 Å². The van der Waals surface area contributed by atoms with E-state index in [-0.39, 0.29) is 6.04 Å². The van der Waals surface area contributed by atoms with Gasteiger partial charge in [-0.3, -0.25) is 0 Å². The Labute approximate surface area is 122 Å². The summed E-state index contributed by atoms with van der Waals surface area (Å²) in [5.74, 6) is 0. The number of hydrogen-bond acceptors (Lipinski definition) is 5. The molecule has 1 aromatic heterocycles. The minimum atomic E-state index is -3.43. The van der Waals surface area contributed by atoms with Crippen molar-refractivity contribution in [1.82, 2.24) is 9.71 Å². The molecule has 1 saturated heterocycles. The van der Waals surface area contributed by atoms with Crippen molar-refractivity contribution >= 4 is 26.5 Å². The lowest BCUT2D eigenvalue weighted by Crippen LogP contribution is -2.37. The van der Waals surface area contributed by atoms with Gasteiger partial charge < -0.3 is 4.90 Å². The minimum Gasteiger partial charge on any atom is -0.346 e. The van der Waals surface area contributed by atoms with Crippen LogP contribution in [0.4, 0.5) is 5.13 Å². The summed E-state index contributed by atoms with van der Waals surface area (Å²) < 4.78 is 27.2. The number of hydrogen-bond donors (Lipinski definition) is 1. The zero-order chi connectivity index (χ0) is 14.0. The van der Waals surface area contributed by atoms with Crippen molar-refractivity contribution in [3.8, 4) is 0 Å². The van der Waals surface area contributed by atoms with Gasteiger partial charge in [-0.2, -0.15) is 0 Å². The Kier molecular flexibility index (Phi) is 3.73. The molecule has 1 unspecified atom stereocenters. The molecule has 5 nitrogen and oxygen atoms in total. The predicted molar refractivity (Wildman–Crippen MR) is 79.5 cm³/mol. The largest absolute Gasteiger partial charge is 0.346 e. The Morgan fingerprint density at radius 1 is 1.30 bits per heavy atom. The van der Waals surface area contributed by atoms with E-state index in [4.69, 9.17) is 0 Å². The molecular formula is C13H15N3O2S2. The molecule has 0 amide bonds. The van der Waals surface area contributed by atoms with Gasteiger partial charge in [0.25, 0.3) is 0 Å². The number of rotatable bonds is 4. The van der Waals surface area contributed by atoms with Gasteiger partial charge in [-0.1, -0.05) is 18.2 Å². The Morgan fingerprint density at radius 3 is 2.80 bits per heavy atom. The summed E-state index contributed by atoms with van der Waals surface area (Å²) in [4.78, 5) is 6.68. The second kappa shape index (κ2) is 5.51. The molecule has 2 aromatic rings. The maximum Gasteiger partial charge on any atom is 0.240 e. The molecule has 0 saturated carbocycles. The van der Waals surface area contributed by atoms with Crippen LogP contribution in [0, 0.1) is 0 Å². The quantitative estimate of drug-likeness (QED) is 0.934. The van der Waals surface area contributed by atoms with E-state index in [1.165, 1.54) is 0 Å². The fourth-order valence-electron chi connectivity index (χ4n) is 2.29. The third-order valence-electron chi connectivity index (χ3n) is 3.25. The van der Waals surface area contributed by atoms with E-state index in [1.807, 2.05) is 5.38 Å². The zero-order valence-corrected chi connectivity index (χ0v) is 12.4. The standard InChI is InChI=1S/C13H15N3O2S2/c17-20(18,12-4-2-1-3-5-12)15-11-6-8-16(10-11)13-14-7-9-19-13/h1-5,7,9,11,15H,6,8,10H2. The number of nitrogens with one attached hydrogen (secondary N) is 1. The van der Waals surface area contributed by atoms with E-state index in [2.05, 4.69) is 14.6 Å². The maximum absolute atomic E-state index is 12.2. The van der Waals surface area contributed by atoms with E-state index < -0.39 is 10.0 Å². The van der Waals surface area contributed by atoms with Crippen molar-refractivity contribution in [1.29, 1.82) is 0 Å². The molecule has 1 aliphatic heterocycles. The van der Waals surface area contributed by atoms with E-state index in [1.54, 1.807) is 47.9 Å². The monoisotopic (exact) mass is 309 g/mol. The van der Waals surface area contributed by atoms with Crippen LogP contribution in [-0.2, 0) is 10.0 Å². The van der Waals surface area contributed by atoms with Gasteiger partial charge in [0.05, 0.1) is 4.90 Å². The lowest BCUT2D eigenvalue weighted by Gasteiger charge is -2.15. The van der Waals surface area contributed by atoms with Crippen molar-refractivity contribution < 1.29 is 8.42 Å². The summed E-state index contributed by atoms with van der Waals surface area (Å²) in [5, 5.41) is 2.88. The molecule has 2 heterocycles. The first-order valence-electron chi connectivity index (χ1n) is 6.37. The Hall–Kier alpha value is -1.44. The van der Waals surface area contributed by atoms with Gasteiger partial charge >= 0.3 is 0 Å². The molecule has 0 aliphatic carbocycles.